The average Bonchev–Trinajstić information content (AvgIpc) is 2.90. The van der Waals surface area contributed by atoms with Crippen LogP contribution in [0, 0.1) is 13.8 Å². The van der Waals surface area contributed by atoms with E-state index in [9.17, 15) is 18.3 Å². The van der Waals surface area contributed by atoms with Crippen LogP contribution in [0.15, 0.2) is 41.3 Å². The van der Waals surface area contributed by atoms with Crippen LogP contribution in [0.4, 0.5) is 5.69 Å². The van der Waals surface area contributed by atoms with E-state index < -0.39 is 22.0 Å². The summed E-state index contributed by atoms with van der Waals surface area (Å²) in [6, 6.07) is 10.6. The molecule has 0 radical (unpaired) electrons. The second kappa shape index (κ2) is 12.5. The minimum atomic E-state index is -3.39. The highest BCUT2D eigenvalue weighted by Gasteiger charge is 2.31. The van der Waals surface area contributed by atoms with E-state index in [2.05, 4.69) is 15.1 Å². The Morgan fingerprint density at radius 2 is 1.76 bits per heavy atom. The summed E-state index contributed by atoms with van der Waals surface area (Å²) in [7, 11) is -3.39. The maximum Gasteiger partial charge on any atom is 0.238 e. The number of rotatable bonds is 10. The quantitative estimate of drug-likeness (QED) is 0.469. The largest absolute Gasteiger partial charge is 0.486 e. The summed E-state index contributed by atoms with van der Waals surface area (Å²) >= 11 is 0. The number of para-hydroxylation sites is 1. The molecule has 2 heterocycles. The summed E-state index contributed by atoms with van der Waals surface area (Å²) in [5.41, 5.74) is 2.97. The number of aliphatic hydroxyl groups excluding tert-OH is 1. The normalized spacial score (nSPS) is 19.2. The van der Waals surface area contributed by atoms with Gasteiger partial charge in [0.15, 0.2) is 27.4 Å². The first-order valence-electron chi connectivity index (χ1n) is 13.3. The number of carbonyl (C=O) groups excluding carboxylic acids is 1. The first kappa shape index (κ1) is 28.4. The Kier molecular flexibility index (Phi) is 9.30. The van der Waals surface area contributed by atoms with Crippen molar-refractivity contribution in [2.45, 2.75) is 50.7 Å². The third-order valence-corrected chi connectivity index (χ3v) is 8.97. The number of unbranched alkanes of at least 4 members (excludes halogenated alkanes) is 1. The summed E-state index contributed by atoms with van der Waals surface area (Å²) in [6.45, 7) is 9.72. The minimum absolute atomic E-state index is 0.0293. The maximum absolute atomic E-state index is 12.6. The van der Waals surface area contributed by atoms with Gasteiger partial charge in [0.1, 0.15) is 12.7 Å². The lowest BCUT2D eigenvalue weighted by Crippen LogP contribution is -2.53. The van der Waals surface area contributed by atoms with E-state index in [0.717, 1.165) is 49.4 Å². The van der Waals surface area contributed by atoms with E-state index in [1.54, 1.807) is 12.1 Å². The van der Waals surface area contributed by atoms with Crippen LogP contribution in [-0.2, 0) is 14.6 Å². The molecule has 0 bridgehead atoms. The highest BCUT2D eigenvalue weighted by Crippen LogP contribution is 2.35. The number of ether oxygens (including phenoxy) is 2. The molecule has 2 aliphatic rings. The highest BCUT2D eigenvalue weighted by molar-refractivity contribution is 7.91. The lowest BCUT2D eigenvalue weighted by molar-refractivity contribution is -0.117. The number of carbonyl (C=O) groups is 1. The molecule has 1 amide bonds. The topological polar surface area (TPSA) is 108 Å². The number of hydrogen-bond acceptors (Lipinski definition) is 8. The number of anilines is 1. The summed E-state index contributed by atoms with van der Waals surface area (Å²) in [4.78, 5) is 17.1. The van der Waals surface area contributed by atoms with Gasteiger partial charge in [-0.3, -0.25) is 14.6 Å². The second-order valence-corrected chi connectivity index (χ2v) is 12.3. The number of sulfone groups is 1. The molecule has 2 aliphatic heterocycles. The number of aryl methyl sites for hydroxylation is 2. The van der Waals surface area contributed by atoms with E-state index >= 15 is 0 Å². The molecule has 2 N–H and O–H groups in total. The molecule has 2 unspecified atom stereocenters. The van der Waals surface area contributed by atoms with E-state index in [-0.39, 0.29) is 23.2 Å². The Morgan fingerprint density at radius 3 is 2.45 bits per heavy atom. The van der Waals surface area contributed by atoms with Crippen LogP contribution in [0.2, 0.25) is 0 Å². The number of nitrogens with one attached hydrogen (secondary N) is 1. The van der Waals surface area contributed by atoms with Gasteiger partial charge in [-0.15, -0.1) is 0 Å². The maximum atomic E-state index is 12.6. The molecule has 4 rings (SSSR count). The molecule has 2 aromatic rings. The van der Waals surface area contributed by atoms with Crippen LogP contribution < -0.4 is 14.8 Å². The zero-order valence-corrected chi connectivity index (χ0v) is 23.3. The fourth-order valence-electron chi connectivity index (χ4n) is 4.81. The van der Waals surface area contributed by atoms with Crippen molar-refractivity contribution >= 4 is 21.4 Å². The molecule has 0 saturated carbocycles. The molecule has 208 valence electrons. The van der Waals surface area contributed by atoms with Crippen molar-refractivity contribution in [1.29, 1.82) is 0 Å². The zero-order chi connectivity index (χ0) is 27.3. The van der Waals surface area contributed by atoms with Gasteiger partial charge >= 0.3 is 0 Å². The van der Waals surface area contributed by atoms with Crippen LogP contribution in [-0.4, -0.2) is 93.1 Å². The van der Waals surface area contributed by atoms with Crippen molar-refractivity contribution in [3.05, 3.63) is 47.5 Å². The standard InChI is InChI=1S/C28H39N3O6S/c1-4-5-15-38(34,35)22-9-10-24-25(16-22)37-26(19-36-24)23(32)17-30-11-13-31(14-12-30)18-27(33)29-28-20(2)7-6-8-21(28)3/h6-10,16,23,26,32H,4-5,11-15,17-19H2,1-3H3,(H,29,33). The number of aliphatic hydroxyl groups is 1. The SMILES string of the molecule is CCCCS(=O)(=O)c1ccc2c(c1)OC(C(O)CN1CCN(CC(=O)Nc3c(C)cccc3C)CC1)CO2. The van der Waals surface area contributed by atoms with Crippen LogP contribution in [0.3, 0.4) is 0 Å². The molecule has 10 heteroatoms. The number of piperazine rings is 1. The summed E-state index contributed by atoms with van der Waals surface area (Å²) in [5, 5.41) is 13.9. The summed E-state index contributed by atoms with van der Waals surface area (Å²) in [5.74, 6) is 0.889. The van der Waals surface area contributed by atoms with Crippen molar-refractivity contribution in [1.82, 2.24) is 9.80 Å². The number of β-amino-alcohol motifs (C(OH)–C–C–N with tert-alkyl or cyclic N) is 1. The molecule has 2 atom stereocenters. The molecule has 38 heavy (non-hydrogen) atoms. The van der Waals surface area contributed by atoms with Gasteiger partial charge in [-0.1, -0.05) is 31.5 Å². The number of benzene rings is 2. The first-order valence-corrected chi connectivity index (χ1v) is 15.0. The fraction of sp³-hybridized carbons (Fsp3) is 0.536. The Morgan fingerprint density at radius 1 is 1.08 bits per heavy atom. The molecule has 0 aromatic heterocycles. The third kappa shape index (κ3) is 7.05. The van der Waals surface area contributed by atoms with Gasteiger partial charge in [0, 0.05) is 44.5 Å². The van der Waals surface area contributed by atoms with Gasteiger partial charge in [0.05, 0.1) is 17.2 Å². The molecule has 9 nitrogen and oxygen atoms in total. The predicted octanol–water partition coefficient (Wildman–Crippen LogP) is 2.63. The third-order valence-electron chi connectivity index (χ3n) is 7.17. The van der Waals surface area contributed by atoms with Gasteiger partial charge in [-0.25, -0.2) is 8.42 Å². The van der Waals surface area contributed by atoms with Crippen LogP contribution in [0.5, 0.6) is 11.5 Å². The Hall–Kier alpha value is -2.66. The predicted molar refractivity (Wildman–Crippen MR) is 147 cm³/mol. The molecule has 0 aliphatic carbocycles. The van der Waals surface area contributed by atoms with Crippen molar-refractivity contribution < 1.29 is 27.8 Å². The van der Waals surface area contributed by atoms with Crippen molar-refractivity contribution in [2.24, 2.45) is 0 Å². The number of fused-ring (bicyclic) bond motifs is 1. The van der Waals surface area contributed by atoms with E-state index in [0.29, 0.717) is 31.0 Å². The fourth-order valence-corrected chi connectivity index (χ4v) is 6.28. The zero-order valence-electron chi connectivity index (χ0n) is 22.5. The van der Waals surface area contributed by atoms with Gasteiger partial charge < -0.3 is 19.9 Å². The minimum Gasteiger partial charge on any atom is -0.486 e. The molecule has 2 aromatic carbocycles. The molecule has 0 spiro atoms. The molecular formula is C28H39N3O6S. The molecular weight excluding hydrogens is 506 g/mol. The second-order valence-electron chi connectivity index (χ2n) is 10.2. The number of hydrogen-bond donors (Lipinski definition) is 2. The Labute approximate surface area is 225 Å². The van der Waals surface area contributed by atoms with Gasteiger partial charge in [0.25, 0.3) is 0 Å². The smallest absolute Gasteiger partial charge is 0.238 e. The van der Waals surface area contributed by atoms with Crippen LogP contribution in [0.1, 0.15) is 30.9 Å². The average molecular weight is 546 g/mol. The lowest BCUT2D eigenvalue weighted by atomic mass is 10.1. The van der Waals surface area contributed by atoms with Gasteiger partial charge in [-0.05, 0) is 43.5 Å². The summed E-state index contributed by atoms with van der Waals surface area (Å²) in [6.07, 6.45) is -0.00529. The van der Waals surface area contributed by atoms with E-state index in [1.807, 2.05) is 39.0 Å². The lowest BCUT2D eigenvalue weighted by Gasteiger charge is -2.37. The van der Waals surface area contributed by atoms with Gasteiger partial charge in [0.2, 0.25) is 5.91 Å². The van der Waals surface area contributed by atoms with Crippen molar-refractivity contribution in [3.8, 4) is 11.5 Å². The Bertz CT molecular complexity index is 1210. The van der Waals surface area contributed by atoms with E-state index in [4.69, 9.17) is 9.47 Å². The molecule has 1 saturated heterocycles. The highest BCUT2D eigenvalue weighted by atomic mass is 32.2. The summed E-state index contributed by atoms with van der Waals surface area (Å²) < 4.78 is 36.9. The van der Waals surface area contributed by atoms with Gasteiger partial charge in [-0.2, -0.15) is 0 Å². The monoisotopic (exact) mass is 545 g/mol. The Balaban J connectivity index is 1.26. The van der Waals surface area contributed by atoms with Crippen molar-refractivity contribution in [3.63, 3.8) is 0 Å². The molecule has 1 fully saturated rings. The number of nitrogens with zero attached hydrogens (tertiary/aromatic N) is 2. The first-order chi connectivity index (χ1) is 18.2. The number of amides is 1. The van der Waals surface area contributed by atoms with Crippen LogP contribution in [0.25, 0.3) is 0 Å². The van der Waals surface area contributed by atoms with E-state index in [1.165, 1.54) is 6.07 Å². The van der Waals surface area contributed by atoms with Crippen molar-refractivity contribution in [2.75, 3.05) is 56.9 Å². The van der Waals surface area contributed by atoms with Crippen LogP contribution >= 0.6 is 0 Å².